The maximum Gasteiger partial charge on any atom is 0.314 e. The first-order valence-electron chi connectivity index (χ1n) is 10.5. The molecule has 1 N–H and O–H groups in total. The van der Waals surface area contributed by atoms with Crippen molar-refractivity contribution in [3.05, 3.63) is 71.8 Å². The number of hydrogen-bond donors (Lipinski definition) is 1. The predicted octanol–water partition coefficient (Wildman–Crippen LogP) is 4.61. The van der Waals surface area contributed by atoms with E-state index in [-0.39, 0.29) is 24.8 Å². The molecule has 6 heteroatoms. The Morgan fingerprint density at radius 3 is 1.93 bits per heavy atom. The quantitative estimate of drug-likeness (QED) is 0.721. The number of carboxylic acid groups (broad SMARTS) is 1. The number of carboxylic acids is 1. The first-order valence-corrected chi connectivity index (χ1v) is 10.5. The first kappa shape index (κ1) is 24.7. The number of piperazine rings is 1. The average Bonchev–Trinajstić information content (AvgIpc) is 2.76. The summed E-state index contributed by atoms with van der Waals surface area (Å²) in [5.41, 5.74) is 1.64. The van der Waals surface area contributed by atoms with Gasteiger partial charge in [0.1, 0.15) is 0 Å². The summed E-state index contributed by atoms with van der Waals surface area (Å²) in [6.45, 7) is 5.38. The van der Waals surface area contributed by atoms with Crippen LogP contribution in [0.1, 0.15) is 36.8 Å². The molecule has 164 valence electrons. The maximum absolute atomic E-state index is 12.2. The monoisotopic (exact) mass is 450 g/mol. The summed E-state index contributed by atoms with van der Waals surface area (Å²) >= 11 is 0. The molecule has 0 spiro atoms. The average molecular weight is 451 g/mol. The van der Waals surface area contributed by atoms with E-state index in [1.54, 1.807) is 0 Å². The van der Waals surface area contributed by atoms with Crippen molar-refractivity contribution in [1.29, 1.82) is 0 Å². The topological polar surface area (TPSA) is 43.8 Å². The molecule has 0 aromatic heterocycles. The Kier molecular flexibility index (Phi) is 9.17. The van der Waals surface area contributed by atoms with E-state index in [0.29, 0.717) is 6.04 Å². The van der Waals surface area contributed by atoms with Crippen LogP contribution in [0.15, 0.2) is 60.7 Å². The van der Waals surface area contributed by atoms with Crippen molar-refractivity contribution in [3.8, 4) is 0 Å². The lowest BCUT2D eigenvalue weighted by molar-refractivity contribution is -0.146. The van der Waals surface area contributed by atoms with Crippen LogP contribution in [-0.2, 0) is 16.8 Å². The molecule has 0 radical (unpaired) electrons. The van der Waals surface area contributed by atoms with Gasteiger partial charge in [-0.15, -0.1) is 24.8 Å². The normalized spacial score (nSPS) is 25.0. The lowest BCUT2D eigenvalue weighted by Gasteiger charge is -2.44. The number of hydrogen-bond acceptors (Lipinski definition) is 3. The molecule has 2 fully saturated rings. The third kappa shape index (κ3) is 5.36. The van der Waals surface area contributed by atoms with E-state index < -0.39 is 11.4 Å². The summed E-state index contributed by atoms with van der Waals surface area (Å²) in [6.07, 6.45) is 3.42. The highest BCUT2D eigenvalue weighted by Gasteiger charge is 2.44. The van der Waals surface area contributed by atoms with Crippen molar-refractivity contribution in [3.63, 3.8) is 0 Å². The SMILES string of the molecule is Cl.Cl.O=C(O)C1(c2ccccc2)CCC(N2CCN(Cc3ccccc3)CC2)CC1. The second-order valence-electron chi connectivity index (χ2n) is 8.28. The molecule has 2 aromatic carbocycles. The Balaban J connectivity index is 0.00000160. The maximum atomic E-state index is 12.2. The zero-order valence-electron chi connectivity index (χ0n) is 17.3. The number of benzene rings is 2. The largest absolute Gasteiger partial charge is 0.481 e. The molecular formula is C24H32Cl2N2O2. The third-order valence-electron chi connectivity index (χ3n) is 6.72. The van der Waals surface area contributed by atoms with E-state index in [0.717, 1.165) is 64.0 Å². The number of nitrogens with zero attached hydrogens (tertiary/aromatic N) is 2. The molecular weight excluding hydrogens is 419 g/mol. The number of carbonyl (C=O) groups is 1. The molecule has 1 aliphatic carbocycles. The minimum atomic E-state index is -0.701. The van der Waals surface area contributed by atoms with Gasteiger partial charge in [0.25, 0.3) is 0 Å². The highest BCUT2D eigenvalue weighted by Crippen LogP contribution is 2.41. The number of aliphatic carboxylic acids is 1. The molecule has 1 aliphatic heterocycles. The number of rotatable bonds is 5. The fourth-order valence-electron chi connectivity index (χ4n) is 4.97. The molecule has 0 amide bonds. The lowest BCUT2D eigenvalue weighted by Crippen LogP contribution is -2.52. The van der Waals surface area contributed by atoms with Crippen LogP contribution in [0.2, 0.25) is 0 Å². The molecule has 0 atom stereocenters. The fourth-order valence-corrected chi connectivity index (χ4v) is 4.97. The zero-order chi connectivity index (χ0) is 19.4. The van der Waals surface area contributed by atoms with Crippen LogP contribution in [0.25, 0.3) is 0 Å². The van der Waals surface area contributed by atoms with Gasteiger partial charge in [-0.25, -0.2) is 0 Å². The van der Waals surface area contributed by atoms with E-state index in [2.05, 4.69) is 40.1 Å². The summed E-state index contributed by atoms with van der Waals surface area (Å²) in [5, 5.41) is 9.99. The first-order chi connectivity index (χ1) is 13.7. The smallest absolute Gasteiger partial charge is 0.314 e. The third-order valence-corrected chi connectivity index (χ3v) is 6.72. The van der Waals surface area contributed by atoms with Gasteiger partial charge in [-0.2, -0.15) is 0 Å². The number of halogens is 2. The standard InChI is InChI=1S/C24H30N2O2.2ClH/c27-23(28)24(21-9-5-2-6-10-21)13-11-22(12-14-24)26-17-15-25(16-18-26)19-20-7-3-1-4-8-20;;/h1-10,22H,11-19H2,(H,27,28);2*1H. The molecule has 1 saturated heterocycles. The van der Waals surface area contributed by atoms with E-state index in [9.17, 15) is 9.90 Å². The van der Waals surface area contributed by atoms with Crippen molar-refractivity contribution in [2.75, 3.05) is 26.2 Å². The molecule has 0 unspecified atom stereocenters. The van der Waals surface area contributed by atoms with Gasteiger partial charge >= 0.3 is 5.97 Å². The van der Waals surface area contributed by atoms with Crippen molar-refractivity contribution < 1.29 is 9.90 Å². The minimum Gasteiger partial charge on any atom is -0.481 e. The lowest BCUT2D eigenvalue weighted by atomic mass is 9.68. The Morgan fingerprint density at radius 1 is 0.867 bits per heavy atom. The predicted molar refractivity (Wildman–Crippen MR) is 126 cm³/mol. The van der Waals surface area contributed by atoms with E-state index >= 15 is 0 Å². The summed E-state index contributed by atoms with van der Waals surface area (Å²) in [4.78, 5) is 17.3. The summed E-state index contributed by atoms with van der Waals surface area (Å²) in [5.74, 6) is -0.662. The summed E-state index contributed by atoms with van der Waals surface area (Å²) in [6, 6.07) is 21.0. The molecule has 4 nitrogen and oxygen atoms in total. The van der Waals surface area contributed by atoms with Crippen molar-refractivity contribution in [2.45, 2.75) is 43.7 Å². The van der Waals surface area contributed by atoms with Gasteiger partial charge in [0.15, 0.2) is 0 Å². The van der Waals surface area contributed by atoms with Gasteiger partial charge in [-0.05, 0) is 36.8 Å². The van der Waals surface area contributed by atoms with Gasteiger partial charge in [-0.3, -0.25) is 14.6 Å². The van der Waals surface area contributed by atoms with Crippen LogP contribution in [0.4, 0.5) is 0 Å². The highest BCUT2D eigenvalue weighted by atomic mass is 35.5. The van der Waals surface area contributed by atoms with Gasteiger partial charge in [0.2, 0.25) is 0 Å². The van der Waals surface area contributed by atoms with Crippen LogP contribution in [0.3, 0.4) is 0 Å². The van der Waals surface area contributed by atoms with Crippen LogP contribution < -0.4 is 0 Å². The Morgan fingerprint density at radius 2 is 1.40 bits per heavy atom. The van der Waals surface area contributed by atoms with Crippen LogP contribution >= 0.6 is 24.8 Å². The van der Waals surface area contributed by atoms with Crippen molar-refractivity contribution in [1.82, 2.24) is 9.80 Å². The molecule has 2 aromatic rings. The highest BCUT2D eigenvalue weighted by molar-refractivity contribution is 5.85. The fraction of sp³-hybridized carbons (Fsp3) is 0.458. The second kappa shape index (κ2) is 11.1. The van der Waals surface area contributed by atoms with E-state index in [1.807, 2.05) is 30.3 Å². The van der Waals surface area contributed by atoms with Gasteiger partial charge < -0.3 is 5.11 Å². The van der Waals surface area contributed by atoms with Crippen LogP contribution in [0, 0.1) is 0 Å². The van der Waals surface area contributed by atoms with Crippen LogP contribution in [-0.4, -0.2) is 53.1 Å². The molecule has 0 bridgehead atoms. The van der Waals surface area contributed by atoms with Crippen molar-refractivity contribution in [2.24, 2.45) is 0 Å². The molecule has 1 saturated carbocycles. The Bertz CT molecular complexity index is 772. The van der Waals surface area contributed by atoms with E-state index in [1.165, 1.54) is 5.56 Å². The van der Waals surface area contributed by atoms with Gasteiger partial charge in [0, 0.05) is 38.8 Å². The Hall–Kier alpha value is -1.59. The van der Waals surface area contributed by atoms with Gasteiger partial charge in [0.05, 0.1) is 5.41 Å². The summed E-state index contributed by atoms with van der Waals surface area (Å²) < 4.78 is 0. The Labute approximate surface area is 192 Å². The van der Waals surface area contributed by atoms with Gasteiger partial charge in [-0.1, -0.05) is 60.7 Å². The van der Waals surface area contributed by atoms with Crippen molar-refractivity contribution >= 4 is 30.8 Å². The van der Waals surface area contributed by atoms with E-state index in [4.69, 9.17) is 0 Å². The minimum absolute atomic E-state index is 0. The van der Waals surface area contributed by atoms with Crippen LogP contribution in [0.5, 0.6) is 0 Å². The molecule has 30 heavy (non-hydrogen) atoms. The second-order valence-corrected chi connectivity index (χ2v) is 8.28. The summed E-state index contributed by atoms with van der Waals surface area (Å²) in [7, 11) is 0. The molecule has 2 aliphatic rings. The zero-order valence-corrected chi connectivity index (χ0v) is 18.9. The molecule has 1 heterocycles. The molecule has 4 rings (SSSR count).